The Balaban J connectivity index is 2.43. The molecule has 0 atom stereocenters. The Morgan fingerprint density at radius 2 is 2.55 bits per heavy atom. The maximum absolute atomic E-state index is 10.8. The highest BCUT2D eigenvalue weighted by atomic mass is 16.5. The van der Waals surface area contributed by atoms with Crippen LogP contribution in [0.1, 0.15) is 12.8 Å². The first-order chi connectivity index (χ1) is 5.33. The number of esters is 1. The van der Waals surface area contributed by atoms with Gasteiger partial charge in [-0.05, 0) is 25.0 Å². The van der Waals surface area contributed by atoms with E-state index >= 15 is 0 Å². The second-order valence-electron chi connectivity index (χ2n) is 2.61. The molecular weight excluding hydrogens is 142 g/mol. The standard InChI is InChI=1S/C8H13NO2/c1-11-8(10)5-7-3-2-4-9-6-7/h5,9H,2-4,6H2,1H3/b7-5-. The number of hydrogen-bond acceptors (Lipinski definition) is 3. The first-order valence-electron chi connectivity index (χ1n) is 3.81. The molecule has 1 aliphatic heterocycles. The number of hydrogen-bond donors (Lipinski definition) is 1. The van der Waals surface area contributed by atoms with Gasteiger partial charge >= 0.3 is 5.97 Å². The van der Waals surface area contributed by atoms with Gasteiger partial charge < -0.3 is 10.1 Å². The van der Waals surface area contributed by atoms with Crippen LogP contribution in [0, 0.1) is 0 Å². The summed E-state index contributed by atoms with van der Waals surface area (Å²) in [5, 5.41) is 3.19. The fraction of sp³-hybridized carbons (Fsp3) is 0.625. The Bertz CT molecular complexity index is 167. The minimum atomic E-state index is -0.247. The van der Waals surface area contributed by atoms with Crippen LogP contribution in [0.2, 0.25) is 0 Å². The van der Waals surface area contributed by atoms with Crippen LogP contribution in [-0.2, 0) is 9.53 Å². The van der Waals surface area contributed by atoms with Crippen molar-refractivity contribution in [3.05, 3.63) is 11.6 Å². The van der Waals surface area contributed by atoms with Crippen molar-refractivity contribution in [1.29, 1.82) is 0 Å². The highest BCUT2D eigenvalue weighted by Gasteiger charge is 2.05. The molecule has 0 bridgehead atoms. The molecule has 0 aliphatic carbocycles. The van der Waals surface area contributed by atoms with E-state index in [1.54, 1.807) is 6.08 Å². The minimum absolute atomic E-state index is 0.247. The first kappa shape index (κ1) is 8.27. The lowest BCUT2D eigenvalue weighted by atomic mass is 10.1. The zero-order valence-corrected chi connectivity index (χ0v) is 6.72. The third-order valence-electron chi connectivity index (χ3n) is 1.73. The highest BCUT2D eigenvalue weighted by Crippen LogP contribution is 2.07. The summed E-state index contributed by atoms with van der Waals surface area (Å²) in [5.41, 5.74) is 1.14. The number of nitrogens with one attached hydrogen (secondary N) is 1. The second-order valence-corrected chi connectivity index (χ2v) is 2.61. The van der Waals surface area contributed by atoms with Crippen molar-refractivity contribution in [2.24, 2.45) is 0 Å². The van der Waals surface area contributed by atoms with Gasteiger partial charge in [0.25, 0.3) is 0 Å². The van der Waals surface area contributed by atoms with E-state index in [9.17, 15) is 4.79 Å². The van der Waals surface area contributed by atoms with E-state index in [-0.39, 0.29) is 5.97 Å². The maximum Gasteiger partial charge on any atom is 0.330 e. The zero-order valence-electron chi connectivity index (χ0n) is 6.72. The van der Waals surface area contributed by atoms with Crippen LogP contribution in [-0.4, -0.2) is 26.2 Å². The fourth-order valence-corrected chi connectivity index (χ4v) is 1.13. The molecule has 1 fully saturated rings. The van der Waals surface area contributed by atoms with E-state index in [0.29, 0.717) is 0 Å². The summed E-state index contributed by atoms with van der Waals surface area (Å²) in [4.78, 5) is 10.8. The van der Waals surface area contributed by atoms with Gasteiger partial charge in [0.2, 0.25) is 0 Å². The molecule has 0 aromatic rings. The second kappa shape index (κ2) is 4.13. The van der Waals surface area contributed by atoms with Crippen LogP contribution >= 0.6 is 0 Å². The summed E-state index contributed by atoms with van der Waals surface area (Å²) in [6.07, 6.45) is 3.71. The molecular formula is C8H13NO2. The van der Waals surface area contributed by atoms with Gasteiger partial charge in [-0.25, -0.2) is 4.79 Å². The molecule has 3 nitrogen and oxygen atoms in total. The first-order valence-corrected chi connectivity index (χ1v) is 3.81. The molecule has 0 saturated carbocycles. The lowest BCUT2D eigenvalue weighted by Crippen LogP contribution is -2.24. The van der Waals surface area contributed by atoms with Crippen LogP contribution in [0.15, 0.2) is 11.6 Å². The van der Waals surface area contributed by atoms with Gasteiger partial charge in [0.1, 0.15) is 0 Å². The highest BCUT2D eigenvalue weighted by molar-refractivity contribution is 5.82. The SMILES string of the molecule is COC(=O)/C=C1/CCCNC1. The van der Waals surface area contributed by atoms with Crippen molar-refractivity contribution in [3.63, 3.8) is 0 Å². The van der Waals surface area contributed by atoms with E-state index in [1.165, 1.54) is 7.11 Å². The number of ether oxygens (including phenoxy) is 1. The van der Waals surface area contributed by atoms with Gasteiger partial charge in [0, 0.05) is 12.6 Å². The van der Waals surface area contributed by atoms with E-state index < -0.39 is 0 Å². The van der Waals surface area contributed by atoms with Crippen molar-refractivity contribution in [2.45, 2.75) is 12.8 Å². The summed E-state index contributed by atoms with van der Waals surface area (Å²) >= 11 is 0. The van der Waals surface area contributed by atoms with Crippen LogP contribution in [0.5, 0.6) is 0 Å². The average Bonchev–Trinajstić information content (AvgIpc) is 2.06. The summed E-state index contributed by atoms with van der Waals surface area (Å²) in [6.45, 7) is 1.88. The Morgan fingerprint density at radius 3 is 3.09 bits per heavy atom. The third kappa shape index (κ3) is 2.72. The summed E-state index contributed by atoms with van der Waals surface area (Å²) in [5.74, 6) is -0.247. The molecule has 1 saturated heterocycles. The monoisotopic (exact) mass is 155 g/mol. The molecule has 1 rings (SSSR count). The van der Waals surface area contributed by atoms with Crippen LogP contribution in [0.4, 0.5) is 0 Å². The normalized spacial score (nSPS) is 21.7. The van der Waals surface area contributed by atoms with Crippen molar-refractivity contribution in [3.8, 4) is 0 Å². The molecule has 62 valence electrons. The number of rotatable bonds is 1. The number of methoxy groups -OCH3 is 1. The third-order valence-corrected chi connectivity index (χ3v) is 1.73. The van der Waals surface area contributed by atoms with Crippen molar-refractivity contribution >= 4 is 5.97 Å². The van der Waals surface area contributed by atoms with Crippen molar-refractivity contribution in [2.75, 3.05) is 20.2 Å². The molecule has 0 spiro atoms. The Hall–Kier alpha value is -0.830. The van der Waals surface area contributed by atoms with E-state index in [2.05, 4.69) is 10.1 Å². The van der Waals surface area contributed by atoms with E-state index in [1.807, 2.05) is 0 Å². The topological polar surface area (TPSA) is 38.3 Å². The summed E-state index contributed by atoms with van der Waals surface area (Å²) in [7, 11) is 1.40. The quantitative estimate of drug-likeness (QED) is 0.442. The van der Waals surface area contributed by atoms with Gasteiger partial charge in [-0.1, -0.05) is 0 Å². The summed E-state index contributed by atoms with van der Waals surface area (Å²) in [6, 6.07) is 0. The number of carbonyl (C=O) groups excluding carboxylic acids is 1. The molecule has 1 N–H and O–H groups in total. The minimum Gasteiger partial charge on any atom is -0.466 e. The Morgan fingerprint density at radius 1 is 1.73 bits per heavy atom. The Labute approximate surface area is 66.4 Å². The van der Waals surface area contributed by atoms with Crippen molar-refractivity contribution < 1.29 is 9.53 Å². The van der Waals surface area contributed by atoms with Crippen LogP contribution in [0.3, 0.4) is 0 Å². The molecule has 0 aromatic carbocycles. The largest absolute Gasteiger partial charge is 0.466 e. The van der Waals surface area contributed by atoms with Gasteiger partial charge in [0.15, 0.2) is 0 Å². The van der Waals surface area contributed by atoms with E-state index in [4.69, 9.17) is 0 Å². The van der Waals surface area contributed by atoms with Gasteiger partial charge in [-0.15, -0.1) is 0 Å². The fourth-order valence-electron chi connectivity index (χ4n) is 1.13. The molecule has 11 heavy (non-hydrogen) atoms. The molecule has 3 heteroatoms. The molecule has 0 amide bonds. The summed E-state index contributed by atoms with van der Waals surface area (Å²) < 4.78 is 4.51. The zero-order chi connectivity index (χ0) is 8.10. The predicted octanol–water partition coefficient (Wildman–Crippen LogP) is 0.469. The molecule has 0 radical (unpaired) electrons. The molecule has 0 unspecified atom stereocenters. The van der Waals surface area contributed by atoms with Crippen LogP contribution < -0.4 is 5.32 Å². The molecule has 0 aromatic heterocycles. The smallest absolute Gasteiger partial charge is 0.330 e. The Kier molecular flexibility index (Phi) is 3.11. The van der Waals surface area contributed by atoms with Gasteiger partial charge in [-0.3, -0.25) is 0 Å². The lowest BCUT2D eigenvalue weighted by molar-refractivity contribution is -0.134. The van der Waals surface area contributed by atoms with Gasteiger partial charge in [-0.2, -0.15) is 0 Å². The number of carbonyl (C=O) groups is 1. The van der Waals surface area contributed by atoms with E-state index in [0.717, 1.165) is 31.5 Å². The van der Waals surface area contributed by atoms with Crippen molar-refractivity contribution in [1.82, 2.24) is 5.32 Å². The average molecular weight is 155 g/mol. The predicted molar refractivity (Wildman–Crippen MR) is 42.2 cm³/mol. The molecule has 1 heterocycles. The van der Waals surface area contributed by atoms with Gasteiger partial charge in [0.05, 0.1) is 7.11 Å². The molecule has 1 aliphatic rings. The maximum atomic E-state index is 10.8. The van der Waals surface area contributed by atoms with Crippen LogP contribution in [0.25, 0.3) is 0 Å². The number of piperidine rings is 1. The lowest BCUT2D eigenvalue weighted by Gasteiger charge is -2.14.